The first-order chi connectivity index (χ1) is 12.2. The van der Waals surface area contributed by atoms with Gasteiger partial charge in [0.15, 0.2) is 0 Å². The van der Waals surface area contributed by atoms with Crippen LogP contribution in [0.5, 0.6) is 0 Å². The monoisotopic (exact) mass is 376 g/mol. The first kappa shape index (κ1) is 18.2. The molecule has 0 saturated heterocycles. The summed E-state index contributed by atoms with van der Waals surface area (Å²) >= 11 is 1.17. The summed E-state index contributed by atoms with van der Waals surface area (Å²) < 4.78 is 1.27. The van der Waals surface area contributed by atoms with Crippen LogP contribution >= 0.6 is 11.3 Å². The molecule has 1 saturated carbocycles. The van der Waals surface area contributed by atoms with Gasteiger partial charge in [0.05, 0.1) is 22.9 Å². The third kappa shape index (κ3) is 3.14. The van der Waals surface area contributed by atoms with Crippen molar-refractivity contribution in [3.63, 3.8) is 0 Å². The number of hydrogen-bond donors (Lipinski definition) is 2. The topological polar surface area (TPSA) is 114 Å². The molecule has 0 aliphatic heterocycles. The number of nitrogens with one attached hydrogen (secondary N) is 1. The number of carbonyl (C=O) groups is 2. The first-order valence-corrected chi connectivity index (χ1v) is 9.06. The van der Waals surface area contributed by atoms with Gasteiger partial charge in [0, 0.05) is 13.1 Å². The second-order valence-electron chi connectivity index (χ2n) is 6.62. The summed E-state index contributed by atoms with van der Waals surface area (Å²) in [5.41, 5.74) is 2.23. The van der Waals surface area contributed by atoms with Crippen LogP contribution in [0.15, 0.2) is 4.79 Å². The number of carbonyl (C=O) groups excluding carboxylic acids is 1. The molecule has 0 atom stereocenters. The molecule has 0 radical (unpaired) electrons. The number of carboxylic acids is 1. The van der Waals surface area contributed by atoms with Crippen LogP contribution < -0.4 is 10.9 Å². The number of thiazole rings is 1. The molecule has 0 spiro atoms. The normalized spacial score (nSPS) is 19.1. The lowest BCUT2D eigenvalue weighted by atomic mass is 9.80. The second-order valence-corrected chi connectivity index (χ2v) is 7.62. The Morgan fingerprint density at radius 1 is 1.23 bits per heavy atom. The van der Waals surface area contributed by atoms with Crippen LogP contribution in [-0.4, -0.2) is 37.8 Å². The van der Waals surface area contributed by atoms with Crippen molar-refractivity contribution in [3.8, 4) is 10.6 Å². The van der Waals surface area contributed by atoms with Crippen LogP contribution in [0, 0.1) is 26.7 Å². The summed E-state index contributed by atoms with van der Waals surface area (Å²) in [5.74, 6) is -1.49. The van der Waals surface area contributed by atoms with Gasteiger partial charge in [-0.2, -0.15) is 5.10 Å². The smallest absolute Gasteiger partial charge is 0.306 e. The molecular weight excluding hydrogens is 356 g/mol. The van der Waals surface area contributed by atoms with Gasteiger partial charge >= 0.3 is 5.97 Å². The molecule has 1 fully saturated rings. The van der Waals surface area contributed by atoms with Gasteiger partial charge in [0.25, 0.3) is 11.5 Å². The van der Waals surface area contributed by atoms with Gasteiger partial charge in [-0.05, 0) is 39.2 Å². The Bertz CT molecular complexity index is 956. The standard InChI is InChI=1S/C17H20N4O4S/c1-7-8(2)20-21(4)16(23)12(7)15-18-9(3)13(26-15)14(22)19-11-5-10(6-11)17(24)25/h10-11H,5-6H2,1-4H3,(H,19,22)(H,24,25). The summed E-state index contributed by atoms with van der Waals surface area (Å²) in [4.78, 5) is 40.7. The minimum Gasteiger partial charge on any atom is -0.481 e. The Morgan fingerprint density at radius 2 is 1.88 bits per heavy atom. The van der Waals surface area contributed by atoms with Crippen LogP contribution in [0.1, 0.15) is 39.5 Å². The number of aryl methyl sites for hydroxylation is 3. The molecule has 3 rings (SSSR count). The Morgan fingerprint density at radius 3 is 2.50 bits per heavy atom. The van der Waals surface area contributed by atoms with Crippen molar-refractivity contribution >= 4 is 23.2 Å². The third-order valence-corrected chi connectivity index (χ3v) is 5.94. The minimum atomic E-state index is -0.828. The quantitative estimate of drug-likeness (QED) is 0.834. The molecule has 0 bridgehead atoms. The van der Waals surface area contributed by atoms with Crippen molar-refractivity contribution in [3.05, 3.63) is 32.2 Å². The Kier molecular flexibility index (Phi) is 4.66. The molecule has 1 aliphatic carbocycles. The lowest BCUT2D eigenvalue weighted by Crippen LogP contribution is -2.46. The number of nitrogens with zero attached hydrogens (tertiary/aromatic N) is 3. The predicted octanol–water partition coefficient (Wildman–Crippen LogP) is 1.42. The van der Waals surface area contributed by atoms with E-state index < -0.39 is 5.97 Å². The largest absolute Gasteiger partial charge is 0.481 e. The van der Waals surface area contributed by atoms with Gasteiger partial charge in [-0.3, -0.25) is 14.4 Å². The lowest BCUT2D eigenvalue weighted by Gasteiger charge is -2.32. The Hall–Kier alpha value is -2.55. The fourth-order valence-electron chi connectivity index (χ4n) is 3.00. The summed E-state index contributed by atoms with van der Waals surface area (Å²) in [6, 6.07) is -0.133. The van der Waals surface area contributed by atoms with Crippen molar-refractivity contribution in [2.75, 3.05) is 0 Å². The van der Waals surface area contributed by atoms with Crippen molar-refractivity contribution in [1.29, 1.82) is 0 Å². The molecule has 0 unspecified atom stereocenters. The summed E-state index contributed by atoms with van der Waals surface area (Å²) in [6.45, 7) is 5.36. The highest BCUT2D eigenvalue weighted by Crippen LogP contribution is 2.31. The summed E-state index contributed by atoms with van der Waals surface area (Å²) in [5, 5.41) is 16.4. The van der Waals surface area contributed by atoms with Gasteiger partial charge in [-0.1, -0.05) is 0 Å². The zero-order chi connectivity index (χ0) is 19.2. The summed E-state index contributed by atoms with van der Waals surface area (Å²) in [6.07, 6.45) is 0.879. The molecule has 138 valence electrons. The minimum absolute atomic E-state index is 0.133. The van der Waals surface area contributed by atoms with E-state index in [1.807, 2.05) is 13.8 Å². The molecule has 1 aliphatic rings. The van der Waals surface area contributed by atoms with Gasteiger partial charge < -0.3 is 10.4 Å². The summed E-state index contributed by atoms with van der Waals surface area (Å²) in [7, 11) is 1.59. The van der Waals surface area contributed by atoms with Crippen LogP contribution in [0.3, 0.4) is 0 Å². The number of rotatable bonds is 4. The molecule has 2 heterocycles. The molecule has 2 aromatic heterocycles. The zero-order valence-corrected chi connectivity index (χ0v) is 15.8. The van der Waals surface area contributed by atoms with Gasteiger partial charge in [0.1, 0.15) is 9.88 Å². The van der Waals surface area contributed by atoms with E-state index in [9.17, 15) is 14.4 Å². The maximum absolute atomic E-state index is 12.5. The van der Waals surface area contributed by atoms with Crippen molar-refractivity contribution in [1.82, 2.24) is 20.1 Å². The molecule has 9 heteroatoms. The average molecular weight is 376 g/mol. The maximum atomic E-state index is 12.5. The van der Waals surface area contributed by atoms with E-state index in [0.29, 0.717) is 34.0 Å². The highest BCUT2D eigenvalue weighted by Gasteiger charge is 2.36. The van der Waals surface area contributed by atoms with Crippen LogP contribution in [0.25, 0.3) is 10.6 Å². The number of hydrogen-bond acceptors (Lipinski definition) is 6. The van der Waals surface area contributed by atoms with E-state index in [1.54, 1.807) is 14.0 Å². The van der Waals surface area contributed by atoms with E-state index in [4.69, 9.17) is 5.11 Å². The fourth-order valence-corrected chi connectivity index (χ4v) is 4.07. The van der Waals surface area contributed by atoms with Gasteiger partial charge in [-0.15, -0.1) is 11.3 Å². The van der Waals surface area contributed by atoms with Gasteiger partial charge in [0.2, 0.25) is 0 Å². The third-order valence-electron chi connectivity index (χ3n) is 4.76. The zero-order valence-electron chi connectivity index (χ0n) is 15.0. The fraction of sp³-hybridized carbons (Fsp3) is 0.471. The Labute approximate surface area is 153 Å². The van der Waals surface area contributed by atoms with E-state index in [1.165, 1.54) is 16.0 Å². The van der Waals surface area contributed by atoms with Crippen molar-refractivity contribution in [2.45, 2.75) is 39.7 Å². The lowest BCUT2D eigenvalue weighted by molar-refractivity contribution is -0.145. The van der Waals surface area contributed by atoms with Crippen LogP contribution in [0.2, 0.25) is 0 Å². The number of carboxylic acid groups (broad SMARTS) is 1. The van der Waals surface area contributed by atoms with Crippen molar-refractivity contribution in [2.24, 2.45) is 13.0 Å². The second kappa shape index (κ2) is 6.64. The van der Waals surface area contributed by atoms with Crippen molar-refractivity contribution < 1.29 is 14.7 Å². The molecule has 8 nitrogen and oxygen atoms in total. The molecule has 1 amide bonds. The first-order valence-electron chi connectivity index (χ1n) is 8.25. The molecule has 2 aromatic rings. The molecule has 26 heavy (non-hydrogen) atoms. The highest BCUT2D eigenvalue weighted by atomic mass is 32.1. The predicted molar refractivity (Wildman–Crippen MR) is 96.4 cm³/mol. The maximum Gasteiger partial charge on any atom is 0.306 e. The average Bonchev–Trinajstić information content (AvgIpc) is 2.90. The van der Waals surface area contributed by atoms with E-state index in [-0.39, 0.29) is 23.4 Å². The number of amides is 1. The van der Waals surface area contributed by atoms with Crippen LogP contribution in [0.4, 0.5) is 0 Å². The van der Waals surface area contributed by atoms with E-state index in [0.717, 1.165) is 11.3 Å². The van der Waals surface area contributed by atoms with E-state index >= 15 is 0 Å². The Balaban J connectivity index is 1.86. The molecule has 2 N–H and O–H groups in total. The van der Waals surface area contributed by atoms with E-state index in [2.05, 4.69) is 15.4 Å². The van der Waals surface area contributed by atoms with Gasteiger partial charge in [-0.25, -0.2) is 9.67 Å². The number of aromatic nitrogens is 3. The molecule has 0 aromatic carbocycles. The van der Waals surface area contributed by atoms with Crippen LogP contribution in [-0.2, 0) is 11.8 Å². The highest BCUT2D eigenvalue weighted by molar-refractivity contribution is 7.17. The SMILES string of the molecule is Cc1nc(-c2c(C)c(C)nn(C)c2=O)sc1C(=O)NC1CC(C(=O)O)C1. The molecular formula is C17H20N4O4S. The number of aliphatic carboxylic acids is 1.